The van der Waals surface area contributed by atoms with E-state index in [0.29, 0.717) is 24.3 Å². The average molecular weight is 440 g/mol. The number of benzene rings is 2. The number of pyridine rings is 1. The molecule has 3 aromatic rings. The van der Waals surface area contributed by atoms with Gasteiger partial charge < -0.3 is 5.32 Å². The minimum absolute atomic E-state index is 0.166. The minimum atomic E-state index is -3.62. The van der Waals surface area contributed by atoms with Gasteiger partial charge in [-0.3, -0.25) is 9.78 Å². The molecule has 0 atom stereocenters. The molecule has 3 rings (SSSR count). The van der Waals surface area contributed by atoms with E-state index in [-0.39, 0.29) is 16.7 Å². The molecule has 0 bridgehead atoms. The van der Waals surface area contributed by atoms with Crippen LogP contribution in [0.1, 0.15) is 55.2 Å². The Morgan fingerprint density at radius 1 is 1.06 bits per heavy atom. The summed E-state index contributed by atoms with van der Waals surface area (Å²) in [5.41, 5.74) is 3.37. The van der Waals surface area contributed by atoms with Gasteiger partial charge in [0.15, 0.2) is 0 Å². The molecule has 0 aliphatic heterocycles. The number of aromatic nitrogens is 1. The predicted octanol–water partition coefficient (Wildman–Crippen LogP) is 4.95. The summed E-state index contributed by atoms with van der Waals surface area (Å²) in [6.07, 6.45) is 0. The second kappa shape index (κ2) is 9.16. The number of carbonyl (C=O) groups is 1. The topological polar surface area (TPSA) is 79.4 Å². The highest BCUT2D eigenvalue weighted by atomic mass is 32.2. The van der Waals surface area contributed by atoms with Crippen molar-refractivity contribution in [3.63, 3.8) is 0 Å². The second-order valence-electron chi connectivity index (χ2n) is 7.79. The van der Waals surface area contributed by atoms with Crippen molar-refractivity contribution >= 4 is 32.5 Å². The molecule has 2 aromatic carbocycles. The van der Waals surface area contributed by atoms with Gasteiger partial charge in [-0.2, -0.15) is 4.31 Å². The third-order valence-electron chi connectivity index (χ3n) is 5.37. The summed E-state index contributed by atoms with van der Waals surface area (Å²) < 4.78 is 27.2. The molecular formula is C24H29N3O3S. The largest absolute Gasteiger partial charge is 0.322 e. The van der Waals surface area contributed by atoms with Crippen LogP contribution in [0.2, 0.25) is 0 Å². The van der Waals surface area contributed by atoms with Crippen molar-refractivity contribution in [3.05, 3.63) is 65.4 Å². The van der Waals surface area contributed by atoms with Crippen LogP contribution >= 0.6 is 0 Å². The fourth-order valence-electron chi connectivity index (χ4n) is 3.48. The van der Waals surface area contributed by atoms with Crippen LogP contribution in [0.4, 0.5) is 5.69 Å². The van der Waals surface area contributed by atoms with Crippen molar-refractivity contribution in [2.24, 2.45) is 0 Å². The molecule has 0 saturated heterocycles. The molecule has 0 fully saturated rings. The number of nitrogens with one attached hydrogen (secondary N) is 1. The van der Waals surface area contributed by atoms with E-state index in [0.717, 1.165) is 22.2 Å². The van der Waals surface area contributed by atoms with Crippen LogP contribution in [0.3, 0.4) is 0 Å². The van der Waals surface area contributed by atoms with Crippen LogP contribution in [0.5, 0.6) is 0 Å². The molecule has 0 aliphatic carbocycles. The Hall–Kier alpha value is -2.77. The van der Waals surface area contributed by atoms with Crippen molar-refractivity contribution in [3.8, 4) is 0 Å². The Balaban J connectivity index is 2.03. The highest BCUT2D eigenvalue weighted by Gasteiger charge is 2.23. The zero-order valence-electron chi connectivity index (χ0n) is 18.6. The summed E-state index contributed by atoms with van der Waals surface area (Å²) in [6, 6.07) is 14.2. The van der Waals surface area contributed by atoms with E-state index in [1.54, 1.807) is 26.0 Å². The lowest BCUT2D eigenvalue weighted by Gasteiger charge is -2.19. The molecule has 6 nitrogen and oxygen atoms in total. The van der Waals surface area contributed by atoms with Crippen molar-refractivity contribution in [1.29, 1.82) is 0 Å². The Morgan fingerprint density at radius 2 is 1.74 bits per heavy atom. The summed E-state index contributed by atoms with van der Waals surface area (Å²) in [5.74, 6) is -0.124. The average Bonchev–Trinajstić information content (AvgIpc) is 2.74. The number of carbonyl (C=O) groups excluding carboxylic acids is 1. The molecule has 0 aliphatic rings. The van der Waals surface area contributed by atoms with Crippen LogP contribution in [0.15, 0.2) is 53.4 Å². The highest BCUT2D eigenvalue weighted by Crippen LogP contribution is 2.26. The quantitative estimate of drug-likeness (QED) is 0.565. The Kier molecular flexibility index (Phi) is 6.77. The molecule has 0 unspecified atom stereocenters. The number of anilines is 1. The van der Waals surface area contributed by atoms with Gasteiger partial charge in [0.1, 0.15) is 0 Å². The Labute approximate surface area is 184 Å². The van der Waals surface area contributed by atoms with Crippen LogP contribution < -0.4 is 5.32 Å². The first-order valence-corrected chi connectivity index (χ1v) is 11.9. The smallest absolute Gasteiger partial charge is 0.256 e. The van der Waals surface area contributed by atoms with Crippen molar-refractivity contribution in [2.75, 3.05) is 18.4 Å². The lowest BCUT2D eigenvalue weighted by Crippen LogP contribution is -2.30. The summed E-state index contributed by atoms with van der Waals surface area (Å²) in [7, 11) is -3.62. The lowest BCUT2D eigenvalue weighted by molar-refractivity contribution is 0.102. The first kappa shape index (κ1) is 22.9. The molecule has 0 radical (unpaired) electrons. The summed E-state index contributed by atoms with van der Waals surface area (Å²) in [6.45, 7) is 10.3. The normalized spacial score (nSPS) is 12.0. The Bertz CT molecular complexity index is 1220. The molecule has 1 aromatic heterocycles. The van der Waals surface area contributed by atoms with Crippen LogP contribution in [0.25, 0.3) is 10.9 Å². The number of fused-ring (bicyclic) bond motifs is 1. The van der Waals surface area contributed by atoms with Gasteiger partial charge in [0, 0.05) is 29.9 Å². The number of sulfonamides is 1. The van der Waals surface area contributed by atoms with Gasteiger partial charge in [-0.05, 0) is 42.7 Å². The molecule has 1 heterocycles. The maximum absolute atomic E-state index is 13.3. The fourth-order valence-corrected chi connectivity index (χ4v) is 4.96. The van der Waals surface area contributed by atoms with E-state index in [2.05, 4.69) is 10.3 Å². The highest BCUT2D eigenvalue weighted by molar-refractivity contribution is 7.89. The number of para-hydroxylation sites is 1. The molecule has 0 saturated carbocycles. The van der Waals surface area contributed by atoms with E-state index in [9.17, 15) is 13.2 Å². The first-order valence-electron chi connectivity index (χ1n) is 10.5. The molecule has 164 valence electrons. The number of rotatable bonds is 7. The lowest BCUT2D eigenvalue weighted by atomic mass is 10.0. The number of hydrogen-bond donors (Lipinski definition) is 1. The SMILES string of the molecule is CCN(CC)S(=O)(=O)c1ccc(C)c(NC(=O)c2cc(C(C)C)nc3ccccc23)c1. The van der Waals surface area contributed by atoms with E-state index in [4.69, 9.17) is 0 Å². The number of nitrogens with zero attached hydrogens (tertiary/aromatic N) is 2. The zero-order chi connectivity index (χ0) is 22.8. The molecule has 0 spiro atoms. The van der Waals surface area contributed by atoms with Gasteiger partial charge in [0.25, 0.3) is 5.91 Å². The van der Waals surface area contributed by atoms with Gasteiger partial charge in [-0.15, -0.1) is 0 Å². The second-order valence-corrected chi connectivity index (χ2v) is 9.72. The number of aryl methyl sites for hydroxylation is 1. The van der Waals surface area contributed by atoms with Gasteiger partial charge in [0.05, 0.1) is 16.0 Å². The molecule has 1 N–H and O–H groups in total. The third-order valence-corrected chi connectivity index (χ3v) is 7.42. The molecule has 31 heavy (non-hydrogen) atoms. The van der Waals surface area contributed by atoms with E-state index >= 15 is 0 Å². The van der Waals surface area contributed by atoms with Crippen LogP contribution in [-0.2, 0) is 10.0 Å². The zero-order valence-corrected chi connectivity index (χ0v) is 19.5. The van der Waals surface area contributed by atoms with Gasteiger partial charge >= 0.3 is 0 Å². The standard InChI is InChI=1S/C24H29N3O3S/c1-6-27(7-2)31(29,30)18-13-12-17(5)23(14-18)26-24(28)20-15-22(16(3)4)25-21-11-9-8-10-19(20)21/h8-16H,6-7H2,1-5H3,(H,26,28). The minimum Gasteiger partial charge on any atom is -0.322 e. The first-order chi connectivity index (χ1) is 14.7. The van der Waals surface area contributed by atoms with E-state index in [1.165, 1.54) is 10.4 Å². The van der Waals surface area contributed by atoms with E-state index < -0.39 is 10.0 Å². The summed E-state index contributed by atoms with van der Waals surface area (Å²) >= 11 is 0. The van der Waals surface area contributed by atoms with E-state index in [1.807, 2.05) is 51.1 Å². The summed E-state index contributed by atoms with van der Waals surface area (Å²) in [4.78, 5) is 18.1. The van der Waals surface area contributed by atoms with Gasteiger partial charge in [0.2, 0.25) is 10.0 Å². The van der Waals surface area contributed by atoms with Gasteiger partial charge in [-0.25, -0.2) is 8.42 Å². The molecule has 1 amide bonds. The maximum atomic E-state index is 13.3. The van der Waals surface area contributed by atoms with Crippen molar-refractivity contribution < 1.29 is 13.2 Å². The third kappa shape index (κ3) is 4.62. The molecular weight excluding hydrogens is 410 g/mol. The number of hydrogen-bond acceptors (Lipinski definition) is 4. The monoisotopic (exact) mass is 439 g/mol. The maximum Gasteiger partial charge on any atom is 0.256 e. The van der Waals surface area contributed by atoms with Gasteiger partial charge in [-0.1, -0.05) is 52.0 Å². The van der Waals surface area contributed by atoms with Crippen LogP contribution in [-0.4, -0.2) is 36.7 Å². The predicted molar refractivity (Wildman–Crippen MR) is 125 cm³/mol. The fraction of sp³-hybridized carbons (Fsp3) is 0.333. The van der Waals surface area contributed by atoms with Crippen LogP contribution in [0, 0.1) is 6.92 Å². The summed E-state index contributed by atoms with van der Waals surface area (Å²) in [5, 5.41) is 3.68. The Morgan fingerprint density at radius 3 is 2.39 bits per heavy atom. The number of amides is 1. The van der Waals surface area contributed by atoms with Crippen molar-refractivity contribution in [2.45, 2.75) is 45.4 Å². The van der Waals surface area contributed by atoms with Crippen molar-refractivity contribution in [1.82, 2.24) is 9.29 Å². The molecule has 7 heteroatoms.